The molecule has 1 nitrogen and oxygen atoms in total. The minimum atomic E-state index is 0. The van der Waals surface area contributed by atoms with E-state index in [-0.39, 0.29) is 58.2 Å². The van der Waals surface area contributed by atoms with Gasteiger partial charge in [0.1, 0.15) is 0 Å². The second-order valence-electron chi connectivity index (χ2n) is 2.28. The molecule has 0 bridgehead atoms. The molecule has 0 unspecified atom stereocenters. The van der Waals surface area contributed by atoms with Gasteiger partial charge in [0.25, 0.3) is 0 Å². The third kappa shape index (κ3) is 6.66. The van der Waals surface area contributed by atoms with Crippen LogP contribution in [0.5, 0.6) is 0 Å². The first-order chi connectivity index (χ1) is 4.70. The van der Waals surface area contributed by atoms with E-state index in [1.165, 1.54) is 0 Å². The topological polar surface area (TPSA) is 22.3 Å². The van der Waals surface area contributed by atoms with Crippen molar-refractivity contribution in [2.24, 2.45) is 0 Å². The molecule has 0 N–H and O–H groups in total. The van der Waals surface area contributed by atoms with Gasteiger partial charge in [-0.15, -0.1) is 12.1 Å². The zero-order chi connectivity index (χ0) is 7.56. The van der Waals surface area contributed by atoms with Crippen molar-refractivity contribution >= 4 is 5.71 Å². The van der Waals surface area contributed by atoms with E-state index in [2.05, 4.69) is 6.92 Å². The number of benzene rings is 1. The quantitative estimate of drug-likeness (QED) is 0.495. The van der Waals surface area contributed by atoms with Crippen LogP contribution in [0.3, 0.4) is 0 Å². The zero-order valence-corrected chi connectivity index (χ0v) is 13.0. The van der Waals surface area contributed by atoms with Crippen LogP contribution in [0.15, 0.2) is 24.3 Å². The predicted octanol–water partition coefficient (Wildman–Crippen LogP) is 2.24. The normalized spacial score (nSPS) is 7.15. The molecule has 68 valence electrons. The first kappa shape index (κ1) is 19.2. The predicted molar refractivity (Wildman–Crippen MR) is 44.0 cm³/mol. The Bertz CT molecular complexity index is 246. The van der Waals surface area contributed by atoms with E-state index in [1.807, 2.05) is 24.3 Å². The zero-order valence-electron chi connectivity index (χ0n) is 7.27. The van der Waals surface area contributed by atoms with Gasteiger partial charge in [-0.25, -0.2) is 0 Å². The van der Waals surface area contributed by atoms with Crippen molar-refractivity contribution in [1.82, 2.24) is 0 Å². The second-order valence-corrected chi connectivity index (χ2v) is 2.28. The number of hydrogen-bond acceptors (Lipinski definition) is 0. The maximum Gasteiger partial charge on any atom is 0 e. The van der Waals surface area contributed by atoms with Gasteiger partial charge in [-0.3, -0.25) is 0 Å². The number of rotatable bonds is 1. The van der Waals surface area contributed by atoms with E-state index < -0.39 is 0 Å². The largest absolute Gasteiger partial charge is 0.807 e. The Labute approximate surface area is 118 Å². The van der Waals surface area contributed by atoms with Crippen LogP contribution in [-0.4, -0.2) is 5.71 Å². The molecule has 0 fully saturated rings. The Balaban J connectivity index is -0.000000333. The number of nitrogens with zero attached hydrogens (tertiary/aromatic N) is 1. The van der Waals surface area contributed by atoms with Crippen molar-refractivity contribution in [3.63, 3.8) is 0 Å². The van der Waals surface area contributed by atoms with Crippen molar-refractivity contribution in [1.29, 1.82) is 0 Å². The van der Waals surface area contributed by atoms with E-state index in [4.69, 9.17) is 5.41 Å². The molecule has 0 saturated carbocycles. The summed E-state index contributed by atoms with van der Waals surface area (Å²) in [6, 6.07) is 7.43. The van der Waals surface area contributed by atoms with Gasteiger partial charge in [0.2, 0.25) is 0 Å². The van der Waals surface area contributed by atoms with Gasteiger partial charge in [0.15, 0.2) is 0 Å². The molecule has 1 aromatic rings. The minimum Gasteiger partial charge on any atom is -0.807 e. The summed E-state index contributed by atoms with van der Waals surface area (Å²) >= 11 is 0. The average Bonchev–Trinajstić information content (AvgIpc) is 1.88. The van der Waals surface area contributed by atoms with Crippen molar-refractivity contribution in [2.45, 2.75) is 6.92 Å². The smallest absolute Gasteiger partial charge is 0 e. The monoisotopic (exact) mass is 417 g/mol. The van der Waals surface area contributed by atoms with Crippen molar-refractivity contribution < 1.29 is 58.2 Å². The third-order valence-electron chi connectivity index (χ3n) is 1.37. The molecule has 0 atom stereocenters. The Kier molecular flexibility index (Phi) is 13.6. The first-order valence-electron chi connectivity index (χ1n) is 3.15. The fraction of sp³-hybridized carbons (Fsp3) is 0.111. The molecule has 0 aromatic heterocycles. The van der Waals surface area contributed by atoms with Gasteiger partial charge in [0.05, 0.1) is 0 Å². The molecule has 1 aromatic carbocycles. The molecule has 2 radical (unpaired) electrons. The Hall–Kier alpha value is 0.617. The van der Waals surface area contributed by atoms with E-state index in [1.54, 1.807) is 6.92 Å². The minimum absolute atomic E-state index is 0. The summed E-state index contributed by atoms with van der Waals surface area (Å²) in [4.78, 5) is 0. The number of hydrogen-bond donors (Lipinski definition) is 0. The van der Waals surface area contributed by atoms with Crippen LogP contribution in [0.2, 0.25) is 0 Å². The molecule has 0 aliphatic carbocycles. The maximum absolute atomic E-state index is 9.01. The summed E-state index contributed by atoms with van der Waals surface area (Å²) in [6.45, 7) is 5.39. The second kappa shape index (κ2) is 9.18. The first-order valence-corrected chi connectivity index (χ1v) is 3.15. The molecule has 0 aliphatic rings. The van der Waals surface area contributed by atoms with Crippen molar-refractivity contribution in [3.8, 4) is 0 Å². The van der Waals surface area contributed by atoms with E-state index in [0.29, 0.717) is 5.71 Å². The molecule has 1 rings (SSSR count). The Morgan fingerprint density at radius 2 is 1.54 bits per heavy atom. The van der Waals surface area contributed by atoms with Gasteiger partial charge < -0.3 is 5.41 Å². The molecule has 0 amide bonds. The van der Waals surface area contributed by atoms with E-state index in [0.717, 1.165) is 11.1 Å². The molecular weight excluding hydrogens is 408 g/mol. The van der Waals surface area contributed by atoms with Gasteiger partial charge in [-0.2, -0.15) is 30.3 Å². The summed E-state index contributed by atoms with van der Waals surface area (Å²) < 4.78 is 0. The summed E-state index contributed by atoms with van der Waals surface area (Å²) in [5, 5.41) is 9.01. The Morgan fingerprint density at radius 1 is 1.15 bits per heavy atom. The molecule has 0 aliphatic heterocycles. The third-order valence-corrected chi connectivity index (χ3v) is 1.37. The van der Waals surface area contributed by atoms with Crippen molar-refractivity contribution in [3.05, 3.63) is 47.7 Å². The Morgan fingerprint density at radius 3 is 1.85 bits per heavy atom. The van der Waals surface area contributed by atoms with Gasteiger partial charge in [-0.05, 0) is 0 Å². The summed E-state index contributed by atoms with van der Waals surface area (Å²) in [7, 11) is 0. The molecular formula is C9H9NV2W-2. The van der Waals surface area contributed by atoms with Crippen LogP contribution in [0.25, 0.3) is 5.41 Å². The SMILES string of the molecule is [CH2-]c1ccc(C(C)=[N-])cc1.[V].[V].[W]. The van der Waals surface area contributed by atoms with Crippen LogP contribution >= 0.6 is 0 Å². The average molecular weight is 417 g/mol. The van der Waals surface area contributed by atoms with Crippen LogP contribution in [0.1, 0.15) is 18.1 Å². The van der Waals surface area contributed by atoms with Gasteiger partial charge in [-0.1, -0.05) is 12.5 Å². The van der Waals surface area contributed by atoms with Crippen LogP contribution < -0.4 is 0 Å². The summed E-state index contributed by atoms with van der Waals surface area (Å²) in [5.41, 5.74) is 2.16. The van der Waals surface area contributed by atoms with E-state index in [9.17, 15) is 0 Å². The summed E-state index contributed by atoms with van der Waals surface area (Å²) in [5.74, 6) is 0. The molecule has 0 spiro atoms. The molecule has 0 heterocycles. The molecule has 0 saturated heterocycles. The fourth-order valence-corrected chi connectivity index (χ4v) is 0.746. The van der Waals surface area contributed by atoms with Gasteiger partial charge >= 0.3 is 0 Å². The summed E-state index contributed by atoms with van der Waals surface area (Å²) in [6.07, 6.45) is 0. The van der Waals surface area contributed by atoms with Crippen molar-refractivity contribution in [2.75, 3.05) is 0 Å². The van der Waals surface area contributed by atoms with Crippen LogP contribution in [0.4, 0.5) is 0 Å². The molecule has 13 heavy (non-hydrogen) atoms. The fourth-order valence-electron chi connectivity index (χ4n) is 0.746. The van der Waals surface area contributed by atoms with Gasteiger partial charge in [0, 0.05) is 58.2 Å². The van der Waals surface area contributed by atoms with Crippen LogP contribution in [0, 0.1) is 6.92 Å². The standard InChI is InChI=1S/C9H9N.2V.W/c1-7-3-5-9(6-4-7)8(2)10;;;/h3-6H,1H2,2H3;;;/q-2;;;. The van der Waals surface area contributed by atoms with E-state index >= 15 is 0 Å². The maximum atomic E-state index is 9.01. The van der Waals surface area contributed by atoms with Crippen LogP contribution in [-0.2, 0) is 58.2 Å². The molecule has 4 heteroatoms.